The van der Waals surface area contributed by atoms with Gasteiger partial charge in [0.1, 0.15) is 0 Å². The maximum Gasteiger partial charge on any atom is 0.280 e. The van der Waals surface area contributed by atoms with Crippen molar-refractivity contribution in [1.82, 2.24) is 14.3 Å². The topological polar surface area (TPSA) is 61.4 Å². The summed E-state index contributed by atoms with van der Waals surface area (Å²) in [5.41, 5.74) is 0.888. The van der Waals surface area contributed by atoms with E-state index in [2.05, 4.69) is 10.0 Å². The van der Waals surface area contributed by atoms with Crippen molar-refractivity contribution in [2.45, 2.75) is 19.4 Å². The van der Waals surface area contributed by atoms with Gasteiger partial charge in [-0.1, -0.05) is 30.7 Å². The highest BCUT2D eigenvalue weighted by molar-refractivity contribution is 7.87. The van der Waals surface area contributed by atoms with Crippen LogP contribution in [0.2, 0.25) is 5.02 Å². The third-order valence-electron chi connectivity index (χ3n) is 3.37. The second-order valence-corrected chi connectivity index (χ2v) is 6.93. The minimum atomic E-state index is -3.46. The second kappa shape index (κ2) is 6.87. The fraction of sp³-hybridized carbons (Fsp3) is 0.538. The van der Waals surface area contributed by atoms with Gasteiger partial charge in [0.25, 0.3) is 10.2 Å². The summed E-state index contributed by atoms with van der Waals surface area (Å²) in [6.45, 7) is 4.33. The van der Waals surface area contributed by atoms with Crippen LogP contribution >= 0.6 is 11.6 Å². The quantitative estimate of drug-likeness (QED) is 0.866. The van der Waals surface area contributed by atoms with E-state index in [0.717, 1.165) is 5.56 Å². The Balaban J connectivity index is 2.13. The Bertz CT molecular complexity index is 544. The summed E-state index contributed by atoms with van der Waals surface area (Å²) in [5.74, 6) is 0. The van der Waals surface area contributed by atoms with E-state index in [1.54, 1.807) is 12.1 Å². The first-order valence-corrected chi connectivity index (χ1v) is 8.58. The fourth-order valence-corrected chi connectivity index (χ4v) is 3.92. The SMILES string of the molecule is CCC(NS(=O)(=O)N1CCNCC1)c1cccc(Cl)c1. The van der Waals surface area contributed by atoms with E-state index in [1.165, 1.54) is 4.31 Å². The Morgan fingerprint density at radius 3 is 2.70 bits per heavy atom. The molecular formula is C13H20ClN3O2S. The lowest BCUT2D eigenvalue weighted by molar-refractivity contribution is 0.350. The van der Waals surface area contributed by atoms with Gasteiger partial charge in [-0.3, -0.25) is 0 Å². The number of hydrogen-bond donors (Lipinski definition) is 2. The molecule has 1 aromatic rings. The minimum absolute atomic E-state index is 0.256. The molecule has 7 heteroatoms. The van der Waals surface area contributed by atoms with Gasteiger partial charge in [-0.15, -0.1) is 0 Å². The number of benzene rings is 1. The number of rotatable bonds is 5. The van der Waals surface area contributed by atoms with Gasteiger partial charge in [0.2, 0.25) is 0 Å². The molecule has 1 heterocycles. The van der Waals surface area contributed by atoms with Crippen LogP contribution in [0.3, 0.4) is 0 Å². The van der Waals surface area contributed by atoms with Crippen LogP contribution in [-0.4, -0.2) is 38.9 Å². The van der Waals surface area contributed by atoms with E-state index >= 15 is 0 Å². The maximum atomic E-state index is 12.4. The van der Waals surface area contributed by atoms with E-state index in [0.29, 0.717) is 37.6 Å². The maximum absolute atomic E-state index is 12.4. The van der Waals surface area contributed by atoms with Crippen LogP contribution in [0.5, 0.6) is 0 Å². The fourth-order valence-electron chi connectivity index (χ4n) is 2.25. The van der Waals surface area contributed by atoms with Crippen LogP contribution in [0.4, 0.5) is 0 Å². The normalized spacial score (nSPS) is 18.9. The van der Waals surface area contributed by atoms with Gasteiger partial charge in [0, 0.05) is 37.2 Å². The zero-order chi connectivity index (χ0) is 14.6. The Morgan fingerprint density at radius 1 is 1.40 bits per heavy atom. The summed E-state index contributed by atoms with van der Waals surface area (Å²) in [6.07, 6.45) is 0.672. The Morgan fingerprint density at radius 2 is 2.10 bits per heavy atom. The molecule has 1 aromatic carbocycles. The molecule has 1 unspecified atom stereocenters. The number of halogens is 1. The molecule has 0 spiro atoms. The van der Waals surface area contributed by atoms with Gasteiger partial charge in [-0.25, -0.2) is 0 Å². The van der Waals surface area contributed by atoms with Crippen molar-refractivity contribution in [2.75, 3.05) is 26.2 Å². The third-order valence-corrected chi connectivity index (χ3v) is 5.23. The first-order chi connectivity index (χ1) is 9.53. The molecule has 0 saturated carbocycles. The number of piperazine rings is 1. The van der Waals surface area contributed by atoms with Crippen molar-refractivity contribution in [3.8, 4) is 0 Å². The number of hydrogen-bond acceptors (Lipinski definition) is 3. The molecule has 0 aliphatic carbocycles. The lowest BCUT2D eigenvalue weighted by Gasteiger charge is -2.29. The lowest BCUT2D eigenvalue weighted by Crippen LogP contribution is -2.51. The second-order valence-electron chi connectivity index (χ2n) is 4.79. The highest BCUT2D eigenvalue weighted by Crippen LogP contribution is 2.21. The van der Waals surface area contributed by atoms with Gasteiger partial charge >= 0.3 is 0 Å². The average Bonchev–Trinajstić information content (AvgIpc) is 2.46. The van der Waals surface area contributed by atoms with Crippen LogP contribution in [0.1, 0.15) is 24.9 Å². The van der Waals surface area contributed by atoms with E-state index in [9.17, 15) is 8.42 Å². The molecule has 0 bridgehead atoms. The van der Waals surface area contributed by atoms with Crippen molar-refractivity contribution in [3.05, 3.63) is 34.9 Å². The highest BCUT2D eigenvalue weighted by atomic mass is 35.5. The van der Waals surface area contributed by atoms with Crippen molar-refractivity contribution in [3.63, 3.8) is 0 Å². The molecule has 112 valence electrons. The summed E-state index contributed by atoms with van der Waals surface area (Å²) < 4.78 is 29.0. The van der Waals surface area contributed by atoms with E-state index < -0.39 is 10.2 Å². The minimum Gasteiger partial charge on any atom is -0.314 e. The van der Waals surface area contributed by atoms with Crippen LogP contribution in [0.25, 0.3) is 0 Å². The summed E-state index contributed by atoms with van der Waals surface area (Å²) in [7, 11) is -3.46. The van der Waals surface area contributed by atoms with Crippen molar-refractivity contribution in [1.29, 1.82) is 0 Å². The zero-order valence-electron chi connectivity index (χ0n) is 11.5. The Kier molecular flexibility index (Phi) is 5.40. The zero-order valence-corrected chi connectivity index (χ0v) is 13.0. The van der Waals surface area contributed by atoms with Gasteiger partial charge in [-0.2, -0.15) is 17.4 Å². The summed E-state index contributed by atoms with van der Waals surface area (Å²) >= 11 is 5.97. The van der Waals surface area contributed by atoms with E-state index in [-0.39, 0.29) is 6.04 Å². The Hall–Kier alpha value is -0.660. The number of nitrogens with one attached hydrogen (secondary N) is 2. The Labute approximate surface area is 125 Å². The molecule has 5 nitrogen and oxygen atoms in total. The molecular weight excluding hydrogens is 298 g/mol. The van der Waals surface area contributed by atoms with Crippen molar-refractivity contribution in [2.24, 2.45) is 0 Å². The molecule has 1 aliphatic heterocycles. The van der Waals surface area contributed by atoms with E-state index in [1.807, 2.05) is 19.1 Å². The summed E-state index contributed by atoms with van der Waals surface area (Å²) in [6, 6.07) is 7.05. The molecule has 0 aromatic heterocycles. The largest absolute Gasteiger partial charge is 0.314 e. The predicted octanol–water partition coefficient (Wildman–Crippen LogP) is 1.53. The monoisotopic (exact) mass is 317 g/mol. The first kappa shape index (κ1) is 15.7. The molecule has 1 saturated heterocycles. The molecule has 1 aliphatic rings. The van der Waals surface area contributed by atoms with Crippen molar-refractivity contribution >= 4 is 21.8 Å². The average molecular weight is 318 g/mol. The molecule has 2 rings (SSSR count). The molecule has 0 radical (unpaired) electrons. The molecule has 1 fully saturated rings. The van der Waals surface area contributed by atoms with Gasteiger partial charge in [-0.05, 0) is 24.1 Å². The van der Waals surface area contributed by atoms with Crippen LogP contribution in [-0.2, 0) is 10.2 Å². The highest BCUT2D eigenvalue weighted by Gasteiger charge is 2.26. The number of nitrogens with zero attached hydrogens (tertiary/aromatic N) is 1. The lowest BCUT2D eigenvalue weighted by atomic mass is 10.1. The van der Waals surface area contributed by atoms with Crippen LogP contribution < -0.4 is 10.0 Å². The first-order valence-electron chi connectivity index (χ1n) is 6.76. The van der Waals surface area contributed by atoms with Gasteiger partial charge in [0.05, 0.1) is 0 Å². The van der Waals surface area contributed by atoms with Crippen LogP contribution in [0, 0.1) is 0 Å². The molecule has 1 atom stereocenters. The van der Waals surface area contributed by atoms with Crippen molar-refractivity contribution < 1.29 is 8.42 Å². The summed E-state index contributed by atoms with van der Waals surface area (Å²) in [4.78, 5) is 0. The predicted molar refractivity (Wildman–Crippen MR) is 81.0 cm³/mol. The molecule has 0 amide bonds. The van der Waals surface area contributed by atoms with E-state index in [4.69, 9.17) is 11.6 Å². The molecule has 2 N–H and O–H groups in total. The summed E-state index contributed by atoms with van der Waals surface area (Å²) in [5, 5.41) is 3.76. The van der Waals surface area contributed by atoms with Crippen LogP contribution in [0.15, 0.2) is 24.3 Å². The van der Waals surface area contributed by atoms with Gasteiger partial charge < -0.3 is 5.32 Å². The standard InChI is InChI=1S/C13H20ClN3O2S/c1-2-13(11-4-3-5-12(14)10-11)16-20(18,19)17-8-6-15-7-9-17/h3-5,10,13,15-16H,2,6-9H2,1H3. The molecule has 20 heavy (non-hydrogen) atoms. The van der Waals surface area contributed by atoms with Gasteiger partial charge in [0.15, 0.2) is 0 Å². The smallest absolute Gasteiger partial charge is 0.280 e. The third kappa shape index (κ3) is 3.93.